The van der Waals surface area contributed by atoms with Crippen molar-refractivity contribution in [1.29, 1.82) is 0 Å². The minimum atomic E-state index is -0.934. The van der Waals surface area contributed by atoms with E-state index in [0.29, 0.717) is 11.1 Å². The molecule has 0 atom stereocenters. The summed E-state index contributed by atoms with van der Waals surface area (Å²) in [6, 6.07) is 12.1. The van der Waals surface area contributed by atoms with Gasteiger partial charge in [0.1, 0.15) is 5.70 Å². The highest BCUT2D eigenvalue weighted by atomic mass is 79.9. The van der Waals surface area contributed by atoms with Crippen molar-refractivity contribution < 1.29 is 23.9 Å². The van der Waals surface area contributed by atoms with Crippen LogP contribution in [0.15, 0.2) is 57.2 Å². The molecule has 8 heteroatoms. The third-order valence-corrected chi connectivity index (χ3v) is 3.68. The van der Waals surface area contributed by atoms with Crippen molar-refractivity contribution in [3.8, 4) is 0 Å². The van der Waals surface area contributed by atoms with Gasteiger partial charge in [0.2, 0.25) is 0 Å². The van der Waals surface area contributed by atoms with Gasteiger partial charge in [0, 0.05) is 13.0 Å². The third kappa shape index (κ3) is 6.21. The van der Waals surface area contributed by atoms with Crippen molar-refractivity contribution in [3.05, 3.63) is 64.2 Å². The normalized spacial score (nSPS) is 11.0. The Bertz CT molecular complexity index is 814. The van der Waals surface area contributed by atoms with E-state index in [2.05, 4.69) is 26.6 Å². The van der Waals surface area contributed by atoms with Gasteiger partial charge < -0.3 is 20.2 Å². The van der Waals surface area contributed by atoms with Crippen LogP contribution in [0, 0.1) is 0 Å². The van der Waals surface area contributed by atoms with Gasteiger partial charge in [-0.1, -0.05) is 30.3 Å². The molecular formula is C18H17BrN2O5. The molecule has 0 fully saturated rings. The molecule has 7 nitrogen and oxygen atoms in total. The number of halogens is 1. The molecule has 0 spiro atoms. The lowest BCUT2D eigenvalue weighted by molar-refractivity contribution is -0.137. The van der Waals surface area contributed by atoms with Gasteiger partial charge in [-0.2, -0.15) is 0 Å². The number of amides is 2. The quantitative estimate of drug-likeness (QED) is 0.449. The van der Waals surface area contributed by atoms with Gasteiger partial charge in [-0.15, -0.1) is 0 Å². The van der Waals surface area contributed by atoms with E-state index in [0.717, 1.165) is 5.56 Å². The average molecular weight is 421 g/mol. The van der Waals surface area contributed by atoms with Crippen LogP contribution < -0.4 is 10.6 Å². The summed E-state index contributed by atoms with van der Waals surface area (Å²) in [5.74, 6) is -1.97. The summed E-state index contributed by atoms with van der Waals surface area (Å²) in [4.78, 5) is 35.2. The molecular weight excluding hydrogens is 404 g/mol. The van der Waals surface area contributed by atoms with E-state index in [1.165, 1.54) is 12.1 Å². The molecule has 0 unspecified atom stereocenters. The number of carboxylic acid groups (broad SMARTS) is 1. The molecule has 136 valence electrons. The van der Waals surface area contributed by atoms with Crippen molar-refractivity contribution in [2.45, 2.75) is 12.8 Å². The Hall–Kier alpha value is -2.87. The molecule has 0 aliphatic rings. The lowest BCUT2D eigenvalue weighted by Crippen LogP contribution is -2.35. The Balaban J connectivity index is 2.11. The number of carboxylic acids is 1. The molecule has 0 aliphatic carbocycles. The summed E-state index contributed by atoms with van der Waals surface area (Å²) < 4.78 is 5.58. The van der Waals surface area contributed by atoms with Gasteiger partial charge in [-0.3, -0.25) is 14.4 Å². The Labute approximate surface area is 158 Å². The zero-order valence-corrected chi connectivity index (χ0v) is 15.3. The van der Waals surface area contributed by atoms with Crippen LogP contribution in [0.1, 0.15) is 29.0 Å². The Kier molecular flexibility index (Phi) is 7.16. The minimum absolute atomic E-state index is 0.0315. The molecule has 2 rings (SSSR count). The molecule has 0 radical (unpaired) electrons. The van der Waals surface area contributed by atoms with Crippen molar-refractivity contribution in [3.63, 3.8) is 0 Å². The number of rotatable bonds is 8. The van der Waals surface area contributed by atoms with Crippen LogP contribution in [-0.4, -0.2) is 29.4 Å². The van der Waals surface area contributed by atoms with Crippen molar-refractivity contribution in [2.75, 3.05) is 6.54 Å². The number of furan rings is 1. The molecule has 1 aromatic carbocycles. The fourth-order valence-corrected chi connectivity index (χ4v) is 2.34. The van der Waals surface area contributed by atoms with Gasteiger partial charge in [-0.05, 0) is 46.1 Å². The van der Waals surface area contributed by atoms with Gasteiger partial charge in [0.25, 0.3) is 11.8 Å². The predicted molar refractivity (Wildman–Crippen MR) is 98.2 cm³/mol. The van der Waals surface area contributed by atoms with Gasteiger partial charge in [-0.25, -0.2) is 0 Å². The van der Waals surface area contributed by atoms with E-state index in [9.17, 15) is 14.4 Å². The predicted octanol–water partition coefficient (Wildman–Crippen LogP) is 2.79. The molecule has 3 N–H and O–H groups in total. The number of nitrogens with one attached hydrogen (secondary N) is 2. The largest absolute Gasteiger partial charge is 0.481 e. The van der Waals surface area contributed by atoms with Crippen LogP contribution >= 0.6 is 15.9 Å². The fourth-order valence-electron chi connectivity index (χ4n) is 2.03. The first-order valence-corrected chi connectivity index (χ1v) is 8.58. The van der Waals surface area contributed by atoms with Gasteiger partial charge in [0.15, 0.2) is 10.4 Å². The lowest BCUT2D eigenvalue weighted by Gasteiger charge is -2.10. The highest BCUT2D eigenvalue weighted by Gasteiger charge is 2.17. The molecule has 26 heavy (non-hydrogen) atoms. The Morgan fingerprint density at radius 1 is 1.12 bits per heavy atom. The molecule has 1 aromatic heterocycles. The van der Waals surface area contributed by atoms with Crippen molar-refractivity contribution >= 4 is 39.8 Å². The maximum Gasteiger partial charge on any atom is 0.303 e. The smallest absolute Gasteiger partial charge is 0.303 e. The fraction of sp³-hybridized carbons (Fsp3) is 0.167. The molecule has 2 amide bonds. The first-order valence-electron chi connectivity index (χ1n) is 7.79. The van der Waals surface area contributed by atoms with Crippen LogP contribution in [0.4, 0.5) is 0 Å². The number of hydrogen-bond donors (Lipinski definition) is 3. The summed E-state index contributed by atoms with van der Waals surface area (Å²) >= 11 is 3.11. The zero-order valence-electron chi connectivity index (χ0n) is 13.7. The van der Waals surface area contributed by atoms with Gasteiger partial charge in [0.05, 0.1) is 0 Å². The first-order chi connectivity index (χ1) is 12.5. The highest BCUT2D eigenvalue weighted by molar-refractivity contribution is 9.10. The topological polar surface area (TPSA) is 109 Å². The van der Waals surface area contributed by atoms with Crippen molar-refractivity contribution in [1.82, 2.24) is 10.6 Å². The Morgan fingerprint density at radius 3 is 2.46 bits per heavy atom. The SMILES string of the molecule is O=C(O)CCCNC(=O)C(=Cc1ccccc1)NC(=O)c1ccc(Br)o1. The summed E-state index contributed by atoms with van der Waals surface area (Å²) in [6.45, 7) is 0.180. The monoisotopic (exact) mass is 420 g/mol. The van der Waals surface area contributed by atoms with Crippen molar-refractivity contribution in [2.24, 2.45) is 0 Å². The highest BCUT2D eigenvalue weighted by Crippen LogP contribution is 2.14. The van der Waals surface area contributed by atoms with Crippen LogP contribution in [0.3, 0.4) is 0 Å². The van der Waals surface area contributed by atoms with Crippen LogP contribution in [0.5, 0.6) is 0 Å². The molecule has 0 aliphatic heterocycles. The van der Waals surface area contributed by atoms with E-state index in [1.54, 1.807) is 30.3 Å². The Morgan fingerprint density at radius 2 is 1.85 bits per heavy atom. The van der Waals surface area contributed by atoms with E-state index >= 15 is 0 Å². The van der Waals surface area contributed by atoms with Gasteiger partial charge >= 0.3 is 5.97 Å². The molecule has 0 saturated heterocycles. The second-order valence-electron chi connectivity index (χ2n) is 5.28. The maximum absolute atomic E-state index is 12.4. The molecule has 0 saturated carbocycles. The number of carbonyl (C=O) groups is 3. The summed E-state index contributed by atoms with van der Waals surface area (Å²) in [5, 5.41) is 13.8. The second kappa shape index (κ2) is 9.57. The second-order valence-corrected chi connectivity index (χ2v) is 6.06. The number of hydrogen-bond acceptors (Lipinski definition) is 4. The van der Waals surface area contributed by atoms with E-state index < -0.39 is 17.8 Å². The molecule has 2 aromatic rings. The molecule has 1 heterocycles. The standard InChI is InChI=1S/C18H17BrN2O5/c19-15-9-8-14(26-15)18(25)21-13(11-12-5-2-1-3-6-12)17(24)20-10-4-7-16(22)23/h1-3,5-6,8-9,11H,4,7,10H2,(H,20,24)(H,21,25)(H,22,23). The van der Waals surface area contributed by atoms with Crippen LogP contribution in [-0.2, 0) is 9.59 Å². The zero-order chi connectivity index (χ0) is 18.9. The van der Waals surface area contributed by atoms with E-state index in [1.807, 2.05) is 6.07 Å². The summed E-state index contributed by atoms with van der Waals surface area (Å²) in [7, 11) is 0. The number of carbonyl (C=O) groups excluding carboxylic acids is 2. The van der Waals surface area contributed by atoms with E-state index in [4.69, 9.17) is 9.52 Å². The minimum Gasteiger partial charge on any atom is -0.481 e. The van der Waals surface area contributed by atoms with E-state index in [-0.39, 0.29) is 24.4 Å². The summed E-state index contributed by atoms with van der Waals surface area (Å²) in [5.41, 5.74) is 0.758. The number of benzene rings is 1. The average Bonchev–Trinajstić information content (AvgIpc) is 3.05. The van der Waals surface area contributed by atoms with Crippen LogP contribution in [0.2, 0.25) is 0 Å². The van der Waals surface area contributed by atoms with Crippen LogP contribution in [0.25, 0.3) is 6.08 Å². The number of aliphatic carboxylic acids is 1. The first kappa shape index (κ1) is 19.5. The maximum atomic E-state index is 12.4. The lowest BCUT2D eigenvalue weighted by atomic mass is 10.2. The molecule has 0 bridgehead atoms. The summed E-state index contributed by atoms with van der Waals surface area (Å²) in [6.07, 6.45) is 1.77. The third-order valence-electron chi connectivity index (χ3n) is 3.25.